The second-order valence-electron chi connectivity index (χ2n) is 12.0. The van der Waals surface area contributed by atoms with Gasteiger partial charge in [-0.25, -0.2) is 4.79 Å². The second kappa shape index (κ2) is 15.1. The Kier molecular flexibility index (Phi) is 10.8. The molecule has 0 aliphatic carbocycles. The van der Waals surface area contributed by atoms with Crippen molar-refractivity contribution in [2.45, 2.75) is 32.4 Å². The van der Waals surface area contributed by atoms with E-state index < -0.39 is 6.03 Å². The third-order valence-corrected chi connectivity index (χ3v) is 10.5. The zero-order chi connectivity index (χ0) is 32.0. The molecule has 0 spiro atoms. The first-order chi connectivity index (χ1) is 22.4. The van der Waals surface area contributed by atoms with Crippen LogP contribution in [0.4, 0.5) is 4.79 Å². The Morgan fingerprint density at radius 1 is 1.07 bits per heavy atom. The summed E-state index contributed by atoms with van der Waals surface area (Å²) < 4.78 is 2.12. The number of nitrogens with two attached hydrogens (primary N) is 1. The van der Waals surface area contributed by atoms with E-state index in [9.17, 15) is 9.59 Å². The molecule has 0 bridgehead atoms. The molecular formula is C34H39Cl2N7O2S. The molecule has 4 heterocycles. The summed E-state index contributed by atoms with van der Waals surface area (Å²) >= 11 is 15.0. The highest BCUT2D eigenvalue weighted by molar-refractivity contribution is 7.99. The molecule has 2 fully saturated rings. The predicted molar refractivity (Wildman–Crippen MR) is 185 cm³/mol. The summed E-state index contributed by atoms with van der Waals surface area (Å²) in [6.45, 7) is 7.62. The molecule has 0 saturated carbocycles. The Morgan fingerprint density at radius 3 is 2.67 bits per heavy atom. The number of amides is 3. The van der Waals surface area contributed by atoms with E-state index in [1.54, 1.807) is 23.1 Å². The minimum absolute atomic E-state index is 0.208. The van der Waals surface area contributed by atoms with Crippen LogP contribution in [0.3, 0.4) is 0 Å². The summed E-state index contributed by atoms with van der Waals surface area (Å²) in [5.74, 6) is 8.96. The Balaban J connectivity index is 1.23. The normalized spacial score (nSPS) is 18.1. The first-order valence-corrected chi connectivity index (χ1v) is 17.8. The fourth-order valence-electron chi connectivity index (χ4n) is 6.27. The van der Waals surface area contributed by atoms with Gasteiger partial charge in [0.05, 0.1) is 27.8 Å². The lowest BCUT2D eigenvalue weighted by Gasteiger charge is -2.27. The average Bonchev–Trinajstić information content (AvgIpc) is 3.72. The van der Waals surface area contributed by atoms with E-state index in [1.807, 2.05) is 30.0 Å². The topological polar surface area (TPSA) is 109 Å². The van der Waals surface area contributed by atoms with E-state index in [0.29, 0.717) is 58.7 Å². The number of aromatic nitrogens is 2. The summed E-state index contributed by atoms with van der Waals surface area (Å²) in [5.41, 5.74) is 11.2. The van der Waals surface area contributed by atoms with Crippen molar-refractivity contribution >= 4 is 46.9 Å². The minimum atomic E-state index is -0.429. The van der Waals surface area contributed by atoms with E-state index in [-0.39, 0.29) is 5.91 Å². The molecule has 12 heteroatoms. The van der Waals surface area contributed by atoms with Gasteiger partial charge < -0.3 is 26.2 Å². The average molecular weight is 681 g/mol. The monoisotopic (exact) mass is 679 g/mol. The van der Waals surface area contributed by atoms with Crippen molar-refractivity contribution in [2.75, 3.05) is 57.3 Å². The molecule has 3 aromatic rings. The molecule has 2 saturated heterocycles. The summed E-state index contributed by atoms with van der Waals surface area (Å²) in [7, 11) is 0. The van der Waals surface area contributed by atoms with Gasteiger partial charge in [-0.2, -0.15) is 16.9 Å². The highest BCUT2D eigenvalue weighted by atomic mass is 35.5. The van der Waals surface area contributed by atoms with E-state index in [2.05, 4.69) is 32.1 Å². The van der Waals surface area contributed by atoms with Crippen LogP contribution in [0.15, 0.2) is 36.4 Å². The van der Waals surface area contributed by atoms with E-state index >= 15 is 0 Å². The van der Waals surface area contributed by atoms with Crippen LogP contribution in [-0.4, -0.2) is 88.8 Å². The van der Waals surface area contributed by atoms with Gasteiger partial charge in [0, 0.05) is 78.6 Å². The van der Waals surface area contributed by atoms with Gasteiger partial charge in [-0.3, -0.25) is 9.48 Å². The smallest absolute Gasteiger partial charge is 0.315 e. The van der Waals surface area contributed by atoms with Crippen LogP contribution in [0.25, 0.3) is 11.3 Å². The number of aryl methyl sites for hydroxylation is 1. The molecule has 0 unspecified atom stereocenters. The van der Waals surface area contributed by atoms with Gasteiger partial charge in [0.25, 0.3) is 5.91 Å². The van der Waals surface area contributed by atoms with Crippen molar-refractivity contribution in [1.82, 2.24) is 30.2 Å². The summed E-state index contributed by atoms with van der Waals surface area (Å²) in [5, 5.41) is 12.3. The molecule has 1 atom stereocenters. The van der Waals surface area contributed by atoms with E-state index in [1.165, 1.54) is 11.5 Å². The fourth-order valence-corrected chi connectivity index (χ4v) is 7.62. The van der Waals surface area contributed by atoms with Crippen LogP contribution < -0.4 is 16.4 Å². The number of nitrogens with zero attached hydrogens (tertiary/aromatic N) is 4. The number of hydrogen-bond acceptors (Lipinski definition) is 6. The van der Waals surface area contributed by atoms with Crippen LogP contribution in [0.2, 0.25) is 10.0 Å². The van der Waals surface area contributed by atoms with Gasteiger partial charge in [0.1, 0.15) is 0 Å². The van der Waals surface area contributed by atoms with Gasteiger partial charge in [-0.1, -0.05) is 41.1 Å². The number of carbonyl (C=O) groups excluding carboxylic acids is 2. The summed E-state index contributed by atoms with van der Waals surface area (Å²) in [6.07, 6.45) is 2.76. The predicted octanol–water partition coefficient (Wildman–Crippen LogP) is 4.47. The van der Waals surface area contributed by atoms with Crippen molar-refractivity contribution < 1.29 is 9.59 Å². The molecule has 3 aliphatic heterocycles. The standard InChI is InChI=1S/C34H39Cl2N7O2S/c35-29-7-5-26(19-25(29)4-2-23-3-6-30(36)27(18-23)33(44)39-21-24-8-10-38-20-24)32-28-22-42(34(37)45)13-9-31(28)43(40-32)12-1-11-41-14-16-46-17-15-41/h3,5-7,18-19,24,38H,1,8-17,20-22H2,(H2,37,45)(H,39,44)/t24-/m1/s1. The van der Waals surface area contributed by atoms with E-state index in [4.69, 9.17) is 34.0 Å². The molecule has 1 aromatic heterocycles. The van der Waals surface area contributed by atoms with Crippen molar-refractivity contribution in [3.8, 4) is 23.1 Å². The van der Waals surface area contributed by atoms with E-state index in [0.717, 1.165) is 74.6 Å². The Hall–Kier alpha value is -3.20. The second-order valence-corrected chi connectivity index (χ2v) is 14.1. The number of fused-ring (bicyclic) bond motifs is 1. The zero-order valence-corrected chi connectivity index (χ0v) is 28.1. The Labute approximate surface area is 284 Å². The molecule has 3 amide bonds. The van der Waals surface area contributed by atoms with Gasteiger partial charge in [-0.15, -0.1) is 0 Å². The fraction of sp³-hybridized carbons (Fsp3) is 0.441. The molecule has 4 N–H and O–H groups in total. The number of urea groups is 1. The first kappa shape index (κ1) is 32.7. The lowest BCUT2D eigenvalue weighted by atomic mass is 9.99. The lowest BCUT2D eigenvalue weighted by Crippen LogP contribution is -2.39. The third kappa shape index (κ3) is 7.84. The lowest BCUT2D eigenvalue weighted by molar-refractivity contribution is 0.0948. The van der Waals surface area contributed by atoms with Gasteiger partial charge >= 0.3 is 6.03 Å². The maximum absolute atomic E-state index is 12.9. The number of nitrogens with one attached hydrogen (secondary N) is 2. The highest BCUT2D eigenvalue weighted by Gasteiger charge is 2.27. The maximum Gasteiger partial charge on any atom is 0.315 e. The zero-order valence-electron chi connectivity index (χ0n) is 25.8. The summed E-state index contributed by atoms with van der Waals surface area (Å²) in [6, 6.07) is 10.5. The minimum Gasteiger partial charge on any atom is -0.352 e. The molecule has 2 aromatic carbocycles. The SMILES string of the molecule is NC(=O)N1CCc2c(c(-c3ccc(Cl)c(C#Cc4ccc(Cl)c(C(=O)NC[C@@H]5CCNC5)c4)c3)nn2CCCN2CCSCC2)C1. The third-order valence-electron chi connectivity index (χ3n) is 8.90. The maximum atomic E-state index is 12.9. The van der Waals surface area contributed by atoms with Crippen molar-refractivity contribution in [3.63, 3.8) is 0 Å². The number of rotatable bonds is 8. The van der Waals surface area contributed by atoms with Crippen LogP contribution >= 0.6 is 35.0 Å². The van der Waals surface area contributed by atoms with Crippen molar-refractivity contribution in [1.29, 1.82) is 0 Å². The quantitative estimate of drug-likeness (QED) is 0.303. The van der Waals surface area contributed by atoms with Crippen molar-refractivity contribution in [2.24, 2.45) is 11.7 Å². The van der Waals surface area contributed by atoms with Crippen LogP contribution in [0.5, 0.6) is 0 Å². The first-order valence-electron chi connectivity index (χ1n) is 15.9. The number of benzene rings is 2. The molecule has 46 heavy (non-hydrogen) atoms. The Morgan fingerprint density at radius 2 is 1.89 bits per heavy atom. The largest absolute Gasteiger partial charge is 0.352 e. The number of thioether (sulfide) groups is 1. The van der Waals surface area contributed by atoms with Gasteiger partial charge in [0.2, 0.25) is 0 Å². The number of hydrogen-bond donors (Lipinski definition) is 3. The van der Waals surface area contributed by atoms with Gasteiger partial charge in [0.15, 0.2) is 0 Å². The molecular weight excluding hydrogens is 641 g/mol. The molecule has 3 aliphatic rings. The molecule has 6 rings (SSSR count). The molecule has 9 nitrogen and oxygen atoms in total. The van der Waals surface area contributed by atoms with Crippen LogP contribution in [-0.2, 0) is 19.5 Å². The van der Waals surface area contributed by atoms with Gasteiger partial charge in [-0.05, 0) is 68.7 Å². The van der Waals surface area contributed by atoms with Crippen LogP contribution in [0.1, 0.15) is 45.6 Å². The Bertz CT molecular complexity index is 1650. The highest BCUT2D eigenvalue weighted by Crippen LogP contribution is 2.32. The molecule has 242 valence electrons. The van der Waals surface area contributed by atoms with Crippen molar-refractivity contribution in [3.05, 3.63) is 74.4 Å². The van der Waals surface area contributed by atoms with Crippen LogP contribution in [0, 0.1) is 17.8 Å². The number of halogens is 2. The summed E-state index contributed by atoms with van der Waals surface area (Å²) in [4.78, 5) is 29.2. The number of primary amides is 1. The molecule has 0 radical (unpaired) electrons. The number of carbonyl (C=O) groups is 2.